The highest BCUT2D eigenvalue weighted by atomic mass is 35.5. The number of halogens is 2. The molecule has 2 aromatic heterocycles. The number of benzene rings is 1. The van der Waals surface area contributed by atoms with Gasteiger partial charge in [0.1, 0.15) is 16.1 Å². The van der Waals surface area contributed by atoms with Gasteiger partial charge in [0.2, 0.25) is 10.0 Å². The van der Waals surface area contributed by atoms with Crippen molar-refractivity contribution in [1.29, 1.82) is 0 Å². The Morgan fingerprint density at radius 1 is 1.09 bits per heavy atom. The molecular formula is C23H25Cl2N3O3S2. The average Bonchev–Trinajstić information content (AvgIpc) is 3.32. The zero-order chi connectivity index (χ0) is 23.3. The Balaban J connectivity index is 1.18. The number of hydrogen-bond donors (Lipinski definition) is 1. The predicted octanol–water partition coefficient (Wildman–Crippen LogP) is 5.33. The number of thiophene rings is 1. The molecule has 0 saturated carbocycles. The summed E-state index contributed by atoms with van der Waals surface area (Å²) < 4.78 is 34.3. The van der Waals surface area contributed by atoms with Gasteiger partial charge < -0.3 is 9.64 Å². The Hall–Kier alpha value is -1.68. The van der Waals surface area contributed by atoms with Crippen molar-refractivity contribution in [2.75, 3.05) is 26.2 Å². The van der Waals surface area contributed by atoms with E-state index in [4.69, 9.17) is 27.9 Å². The van der Waals surface area contributed by atoms with E-state index in [1.807, 2.05) is 24.3 Å². The average molecular weight is 527 g/mol. The van der Waals surface area contributed by atoms with Crippen molar-refractivity contribution < 1.29 is 13.2 Å². The zero-order valence-electron chi connectivity index (χ0n) is 17.9. The molecule has 1 aliphatic rings. The Bertz CT molecular complexity index is 1160. The summed E-state index contributed by atoms with van der Waals surface area (Å²) in [6.45, 7) is 3.07. The summed E-state index contributed by atoms with van der Waals surface area (Å²) in [5.74, 6) is 0.733. The van der Waals surface area contributed by atoms with Crippen molar-refractivity contribution in [3.8, 4) is 16.3 Å². The molecule has 0 bridgehead atoms. The maximum Gasteiger partial charge on any atom is 0.250 e. The second-order valence-corrected chi connectivity index (χ2v) is 11.7. The summed E-state index contributed by atoms with van der Waals surface area (Å²) in [7, 11) is -3.52. The van der Waals surface area contributed by atoms with E-state index in [0.29, 0.717) is 20.8 Å². The van der Waals surface area contributed by atoms with Gasteiger partial charge in [-0.2, -0.15) is 0 Å². The first kappa shape index (κ1) is 24.4. The van der Waals surface area contributed by atoms with Crippen LogP contribution in [0.1, 0.15) is 19.3 Å². The molecule has 0 aliphatic carbocycles. The van der Waals surface area contributed by atoms with Gasteiger partial charge in [0, 0.05) is 31.9 Å². The molecule has 3 heterocycles. The molecule has 0 atom stereocenters. The standard InChI is InChI=1S/C23H25Cl2N3O3S2/c24-19-6-5-18(16-20(19)25)31-17-9-14-28(15-10-17)13-3-12-27-33(29,30)23-8-7-22(32-23)21-4-1-2-11-26-21/h1-2,4-8,11,16-17,27H,3,9-10,12-15H2. The van der Waals surface area contributed by atoms with Crippen LogP contribution < -0.4 is 9.46 Å². The van der Waals surface area contributed by atoms with Crippen molar-refractivity contribution in [3.05, 3.63) is 64.8 Å². The van der Waals surface area contributed by atoms with E-state index in [2.05, 4.69) is 14.6 Å². The largest absolute Gasteiger partial charge is 0.490 e. The molecule has 1 aliphatic heterocycles. The topological polar surface area (TPSA) is 71.5 Å². The second kappa shape index (κ2) is 11.2. The minimum atomic E-state index is -3.52. The van der Waals surface area contributed by atoms with Gasteiger partial charge in [0.05, 0.1) is 20.6 Å². The van der Waals surface area contributed by atoms with Crippen LogP contribution in [0, 0.1) is 0 Å². The first-order chi connectivity index (χ1) is 15.9. The number of likely N-dealkylation sites (tertiary alicyclic amines) is 1. The number of sulfonamides is 1. The van der Waals surface area contributed by atoms with Crippen LogP contribution in [0.15, 0.2) is 58.9 Å². The number of aromatic nitrogens is 1. The van der Waals surface area contributed by atoms with Crippen molar-refractivity contribution in [2.45, 2.75) is 29.6 Å². The Labute approximate surface area is 208 Å². The normalized spacial score (nSPS) is 15.6. The van der Waals surface area contributed by atoms with Gasteiger partial charge in [-0.05, 0) is 62.2 Å². The molecule has 1 fully saturated rings. The van der Waals surface area contributed by atoms with Crippen LogP contribution in [-0.2, 0) is 10.0 Å². The van der Waals surface area contributed by atoms with Gasteiger partial charge in [0.15, 0.2) is 0 Å². The summed E-state index contributed by atoms with van der Waals surface area (Å²) in [5, 5.41) is 1.01. The Morgan fingerprint density at radius 3 is 2.64 bits per heavy atom. The monoisotopic (exact) mass is 525 g/mol. The number of rotatable bonds is 9. The predicted molar refractivity (Wildman–Crippen MR) is 134 cm³/mol. The first-order valence-electron chi connectivity index (χ1n) is 10.8. The number of nitrogens with one attached hydrogen (secondary N) is 1. The molecule has 3 aromatic rings. The van der Waals surface area contributed by atoms with Crippen LogP contribution in [-0.4, -0.2) is 50.6 Å². The quantitative estimate of drug-likeness (QED) is 0.382. The fourth-order valence-electron chi connectivity index (χ4n) is 3.68. The summed E-state index contributed by atoms with van der Waals surface area (Å²) in [6.07, 6.45) is 4.42. The fraction of sp³-hybridized carbons (Fsp3) is 0.348. The van der Waals surface area contributed by atoms with Gasteiger partial charge in [-0.15, -0.1) is 11.3 Å². The smallest absolute Gasteiger partial charge is 0.250 e. The molecular weight excluding hydrogens is 501 g/mol. The third-order valence-corrected chi connectivity index (χ3v) is 9.23. The van der Waals surface area contributed by atoms with Crippen LogP contribution in [0.4, 0.5) is 0 Å². The maximum absolute atomic E-state index is 12.6. The van der Waals surface area contributed by atoms with E-state index in [1.54, 1.807) is 30.5 Å². The molecule has 0 radical (unpaired) electrons. The lowest BCUT2D eigenvalue weighted by molar-refractivity contribution is 0.100. The van der Waals surface area contributed by atoms with Crippen LogP contribution in [0.3, 0.4) is 0 Å². The molecule has 4 rings (SSSR count). The molecule has 0 spiro atoms. The Kier molecular flexibility index (Phi) is 8.27. The van der Waals surface area contributed by atoms with E-state index in [-0.39, 0.29) is 6.10 Å². The number of nitrogens with zero attached hydrogens (tertiary/aromatic N) is 2. The molecule has 1 N–H and O–H groups in total. The highest BCUT2D eigenvalue weighted by molar-refractivity contribution is 7.91. The third kappa shape index (κ3) is 6.68. The summed E-state index contributed by atoms with van der Waals surface area (Å²) >= 11 is 13.2. The maximum atomic E-state index is 12.6. The molecule has 1 saturated heterocycles. The lowest BCUT2D eigenvalue weighted by Gasteiger charge is -2.32. The van der Waals surface area contributed by atoms with Crippen LogP contribution in [0.25, 0.3) is 10.6 Å². The molecule has 10 heteroatoms. The summed E-state index contributed by atoms with van der Waals surface area (Å²) in [4.78, 5) is 7.45. The van der Waals surface area contributed by atoms with Crippen molar-refractivity contribution >= 4 is 44.6 Å². The first-order valence-corrected chi connectivity index (χ1v) is 13.8. The second-order valence-electron chi connectivity index (χ2n) is 7.82. The molecule has 0 unspecified atom stereocenters. The zero-order valence-corrected chi connectivity index (χ0v) is 21.1. The van der Waals surface area contributed by atoms with Crippen molar-refractivity contribution in [2.24, 2.45) is 0 Å². The summed E-state index contributed by atoms with van der Waals surface area (Å²) in [5.41, 5.74) is 0.774. The highest BCUT2D eigenvalue weighted by Gasteiger charge is 2.21. The third-order valence-electron chi connectivity index (χ3n) is 5.44. The Morgan fingerprint density at radius 2 is 1.91 bits per heavy atom. The van der Waals surface area contributed by atoms with Gasteiger partial charge in [0.25, 0.3) is 0 Å². The minimum Gasteiger partial charge on any atom is -0.490 e. The van der Waals surface area contributed by atoms with Crippen LogP contribution in [0.2, 0.25) is 10.0 Å². The highest BCUT2D eigenvalue weighted by Crippen LogP contribution is 2.30. The number of hydrogen-bond acceptors (Lipinski definition) is 6. The van der Waals surface area contributed by atoms with Crippen molar-refractivity contribution in [1.82, 2.24) is 14.6 Å². The molecule has 33 heavy (non-hydrogen) atoms. The number of ether oxygens (including phenoxy) is 1. The van der Waals surface area contributed by atoms with Gasteiger partial charge in [-0.3, -0.25) is 4.98 Å². The van der Waals surface area contributed by atoms with Crippen LogP contribution in [0.5, 0.6) is 5.75 Å². The molecule has 1 aromatic carbocycles. The van der Waals surface area contributed by atoms with Gasteiger partial charge >= 0.3 is 0 Å². The van der Waals surface area contributed by atoms with Crippen LogP contribution >= 0.6 is 34.5 Å². The lowest BCUT2D eigenvalue weighted by Crippen LogP contribution is -2.39. The van der Waals surface area contributed by atoms with E-state index in [0.717, 1.165) is 55.2 Å². The fourth-order valence-corrected chi connectivity index (χ4v) is 6.37. The van der Waals surface area contributed by atoms with Gasteiger partial charge in [-0.25, -0.2) is 13.1 Å². The molecule has 0 amide bonds. The van der Waals surface area contributed by atoms with E-state index < -0.39 is 10.0 Å². The SMILES string of the molecule is O=S(=O)(NCCCN1CCC(Oc2ccc(Cl)c(Cl)c2)CC1)c1ccc(-c2ccccn2)s1. The van der Waals surface area contributed by atoms with E-state index in [1.165, 1.54) is 11.3 Å². The minimum absolute atomic E-state index is 0.143. The number of piperidine rings is 1. The number of pyridine rings is 1. The van der Waals surface area contributed by atoms with Gasteiger partial charge in [-0.1, -0.05) is 29.3 Å². The van der Waals surface area contributed by atoms with E-state index >= 15 is 0 Å². The molecule has 6 nitrogen and oxygen atoms in total. The molecule has 176 valence electrons. The van der Waals surface area contributed by atoms with E-state index in [9.17, 15) is 8.42 Å². The lowest BCUT2D eigenvalue weighted by atomic mass is 10.1. The van der Waals surface area contributed by atoms with Crippen molar-refractivity contribution in [3.63, 3.8) is 0 Å². The summed E-state index contributed by atoms with van der Waals surface area (Å²) in [6, 6.07) is 14.3.